The maximum absolute atomic E-state index is 12.8. The summed E-state index contributed by atoms with van der Waals surface area (Å²) in [5.41, 5.74) is 6.71. The molecule has 8 nitrogen and oxygen atoms in total. The van der Waals surface area contributed by atoms with E-state index in [1.54, 1.807) is 14.2 Å². The number of benzene rings is 3. The van der Waals surface area contributed by atoms with Crippen molar-refractivity contribution < 1.29 is 23.7 Å². The SMILES string of the molecule is COc1ccc(-c2cc(-c3ccc(C)c(C)c3)nc(SCC(=O)NCc3ccc4c(c3)OCO4)c2C#N)cc1OC. The number of aromatic nitrogens is 1. The Bertz CT molecular complexity index is 1660. The van der Waals surface area contributed by atoms with Crippen molar-refractivity contribution >= 4 is 17.7 Å². The molecule has 0 saturated heterocycles. The van der Waals surface area contributed by atoms with Crippen LogP contribution in [0.3, 0.4) is 0 Å². The van der Waals surface area contributed by atoms with Gasteiger partial charge in [0, 0.05) is 17.7 Å². The molecule has 208 valence electrons. The number of carbonyl (C=O) groups is 1. The first-order chi connectivity index (χ1) is 19.9. The number of fused-ring (bicyclic) bond motifs is 1. The van der Waals surface area contributed by atoms with Crippen LogP contribution < -0.4 is 24.3 Å². The third-order valence-electron chi connectivity index (χ3n) is 6.86. The Morgan fingerprint density at radius 2 is 1.73 bits per heavy atom. The Labute approximate surface area is 243 Å². The molecule has 0 saturated carbocycles. The van der Waals surface area contributed by atoms with Crippen LogP contribution in [0.4, 0.5) is 0 Å². The maximum atomic E-state index is 12.8. The highest BCUT2D eigenvalue weighted by Crippen LogP contribution is 2.38. The summed E-state index contributed by atoms with van der Waals surface area (Å²) in [6.07, 6.45) is 0. The fraction of sp³-hybridized carbons (Fsp3) is 0.219. The van der Waals surface area contributed by atoms with Crippen molar-refractivity contribution in [3.05, 3.63) is 82.9 Å². The highest BCUT2D eigenvalue weighted by Gasteiger charge is 2.19. The largest absolute Gasteiger partial charge is 0.493 e. The summed E-state index contributed by atoms with van der Waals surface area (Å²) < 4.78 is 21.7. The van der Waals surface area contributed by atoms with Crippen LogP contribution in [-0.2, 0) is 11.3 Å². The molecule has 0 radical (unpaired) electrons. The van der Waals surface area contributed by atoms with E-state index < -0.39 is 0 Å². The van der Waals surface area contributed by atoms with Crippen molar-refractivity contribution in [1.29, 1.82) is 5.26 Å². The zero-order chi connectivity index (χ0) is 28.9. The molecule has 1 aliphatic rings. The van der Waals surface area contributed by atoms with E-state index in [1.807, 2.05) is 48.5 Å². The third-order valence-corrected chi connectivity index (χ3v) is 7.84. The zero-order valence-electron chi connectivity index (χ0n) is 23.2. The molecule has 41 heavy (non-hydrogen) atoms. The van der Waals surface area contributed by atoms with Crippen molar-refractivity contribution in [3.8, 4) is 51.5 Å². The Kier molecular flexibility index (Phi) is 8.31. The van der Waals surface area contributed by atoms with Gasteiger partial charge < -0.3 is 24.3 Å². The molecule has 0 unspecified atom stereocenters. The fourth-order valence-electron chi connectivity index (χ4n) is 4.45. The molecule has 2 heterocycles. The van der Waals surface area contributed by atoms with Gasteiger partial charge in [0.2, 0.25) is 12.7 Å². The summed E-state index contributed by atoms with van der Waals surface area (Å²) >= 11 is 1.23. The first kappa shape index (κ1) is 27.9. The van der Waals surface area contributed by atoms with Gasteiger partial charge in [0.15, 0.2) is 23.0 Å². The number of ether oxygens (including phenoxy) is 4. The first-order valence-corrected chi connectivity index (χ1v) is 13.9. The molecule has 5 rings (SSSR count). The topological polar surface area (TPSA) is 103 Å². The number of hydrogen-bond acceptors (Lipinski definition) is 8. The number of nitrogens with zero attached hydrogens (tertiary/aromatic N) is 2. The molecular formula is C32H29N3O5S. The van der Waals surface area contributed by atoms with Gasteiger partial charge >= 0.3 is 0 Å². The Hall–Kier alpha value is -4.68. The first-order valence-electron chi connectivity index (χ1n) is 12.9. The van der Waals surface area contributed by atoms with Crippen molar-refractivity contribution in [2.45, 2.75) is 25.4 Å². The number of amides is 1. The minimum atomic E-state index is -0.178. The van der Waals surface area contributed by atoms with Gasteiger partial charge in [-0.15, -0.1) is 0 Å². The van der Waals surface area contributed by atoms with Crippen LogP contribution in [0.5, 0.6) is 23.0 Å². The fourth-order valence-corrected chi connectivity index (χ4v) is 5.28. The van der Waals surface area contributed by atoms with Crippen LogP contribution in [0.25, 0.3) is 22.4 Å². The van der Waals surface area contributed by atoms with E-state index in [4.69, 9.17) is 23.9 Å². The van der Waals surface area contributed by atoms with Crippen LogP contribution in [0.2, 0.25) is 0 Å². The number of carbonyl (C=O) groups excluding carboxylic acids is 1. The lowest BCUT2D eigenvalue weighted by Gasteiger charge is -2.15. The van der Waals surface area contributed by atoms with E-state index in [0.717, 1.165) is 22.3 Å². The van der Waals surface area contributed by atoms with E-state index >= 15 is 0 Å². The summed E-state index contributed by atoms with van der Waals surface area (Å²) in [6.45, 7) is 4.65. The predicted octanol–water partition coefficient (Wildman–Crippen LogP) is 6.06. The second-order valence-electron chi connectivity index (χ2n) is 9.47. The van der Waals surface area contributed by atoms with Crippen LogP contribution in [0.1, 0.15) is 22.3 Å². The van der Waals surface area contributed by atoms with Gasteiger partial charge in [-0.2, -0.15) is 5.26 Å². The summed E-state index contributed by atoms with van der Waals surface area (Å²) in [6, 6.07) is 21.5. The van der Waals surface area contributed by atoms with Crippen molar-refractivity contribution in [1.82, 2.24) is 10.3 Å². The summed E-state index contributed by atoms with van der Waals surface area (Å²) in [7, 11) is 3.15. The van der Waals surface area contributed by atoms with Gasteiger partial charge in [0.25, 0.3) is 0 Å². The van der Waals surface area contributed by atoms with E-state index in [2.05, 4.69) is 37.4 Å². The molecule has 1 aromatic heterocycles. The molecule has 1 aliphatic heterocycles. The second-order valence-corrected chi connectivity index (χ2v) is 10.4. The minimum Gasteiger partial charge on any atom is -0.493 e. The van der Waals surface area contributed by atoms with Gasteiger partial charge in [-0.25, -0.2) is 4.98 Å². The molecule has 9 heteroatoms. The minimum absolute atomic E-state index is 0.0913. The maximum Gasteiger partial charge on any atom is 0.231 e. The number of nitrogens with one attached hydrogen (secondary N) is 1. The smallest absolute Gasteiger partial charge is 0.231 e. The number of rotatable bonds is 9. The average Bonchev–Trinajstić information content (AvgIpc) is 3.47. The molecule has 1 N–H and O–H groups in total. The Morgan fingerprint density at radius 1 is 0.951 bits per heavy atom. The van der Waals surface area contributed by atoms with Gasteiger partial charge in [0.1, 0.15) is 11.1 Å². The zero-order valence-corrected chi connectivity index (χ0v) is 24.1. The van der Waals surface area contributed by atoms with Crippen LogP contribution in [0.15, 0.2) is 65.7 Å². The molecular weight excluding hydrogens is 538 g/mol. The summed E-state index contributed by atoms with van der Waals surface area (Å²) in [5, 5.41) is 13.7. The number of thioether (sulfide) groups is 1. The monoisotopic (exact) mass is 567 g/mol. The predicted molar refractivity (Wildman–Crippen MR) is 158 cm³/mol. The van der Waals surface area contributed by atoms with Gasteiger partial charge in [0.05, 0.1) is 31.2 Å². The molecule has 0 bridgehead atoms. The lowest BCUT2D eigenvalue weighted by molar-refractivity contribution is -0.118. The van der Waals surface area contributed by atoms with Crippen LogP contribution in [0, 0.1) is 25.2 Å². The Balaban J connectivity index is 1.44. The van der Waals surface area contributed by atoms with Gasteiger partial charge in [-0.1, -0.05) is 36.0 Å². The average molecular weight is 568 g/mol. The second kappa shape index (κ2) is 12.2. The highest BCUT2D eigenvalue weighted by atomic mass is 32.2. The number of aryl methyl sites for hydroxylation is 2. The number of nitriles is 1. The van der Waals surface area contributed by atoms with Crippen LogP contribution >= 0.6 is 11.8 Å². The molecule has 0 fully saturated rings. The lowest BCUT2D eigenvalue weighted by Crippen LogP contribution is -2.24. The standard InChI is InChI=1S/C32H29N3O5S/c1-19-5-7-23(11-20(19)2)26-14-24(22-8-10-27(37-3)29(13-22)38-4)25(15-33)32(35-26)41-17-31(36)34-16-21-6-9-28-30(12-21)40-18-39-28/h5-14H,16-18H2,1-4H3,(H,34,36). The quantitative estimate of drug-likeness (QED) is 0.244. The van der Waals surface area contributed by atoms with Crippen molar-refractivity contribution in [2.75, 3.05) is 26.8 Å². The molecule has 3 aromatic carbocycles. The van der Waals surface area contributed by atoms with E-state index in [1.165, 1.54) is 17.3 Å². The summed E-state index contributed by atoms with van der Waals surface area (Å²) in [4.78, 5) is 17.7. The molecule has 0 atom stereocenters. The molecule has 1 amide bonds. The number of hydrogen-bond donors (Lipinski definition) is 1. The van der Waals surface area contributed by atoms with Gasteiger partial charge in [-0.3, -0.25) is 4.79 Å². The number of methoxy groups -OCH3 is 2. The highest BCUT2D eigenvalue weighted by molar-refractivity contribution is 8.00. The van der Waals surface area contributed by atoms with Crippen LogP contribution in [-0.4, -0.2) is 37.7 Å². The van der Waals surface area contributed by atoms with Crippen molar-refractivity contribution in [3.63, 3.8) is 0 Å². The molecule has 0 spiro atoms. The van der Waals surface area contributed by atoms with Gasteiger partial charge in [-0.05, 0) is 72.5 Å². The normalized spacial score (nSPS) is 11.6. The number of pyridine rings is 1. The lowest BCUT2D eigenvalue weighted by atomic mass is 9.97. The Morgan fingerprint density at radius 3 is 2.49 bits per heavy atom. The summed E-state index contributed by atoms with van der Waals surface area (Å²) in [5.74, 6) is 2.41. The van der Waals surface area contributed by atoms with E-state index in [-0.39, 0.29) is 18.5 Å². The molecule has 4 aromatic rings. The third kappa shape index (κ3) is 6.08. The van der Waals surface area contributed by atoms with Crippen molar-refractivity contribution in [2.24, 2.45) is 0 Å². The van der Waals surface area contributed by atoms with E-state index in [9.17, 15) is 10.1 Å². The molecule has 0 aliphatic carbocycles. The van der Waals surface area contributed by atoms with E-state index in [0.29, 0.717) is 51.4 Å².